The molecule has 0 radical (unpaired) electrons. The van der Waals surface area contributed by atoms with Crippen LogP contribution in [0.1, 0.15) is 19.8 Å². The van der Waals surface area contributed by atoms with E-state index in [1.807, 2.05) is 18.2 Å². The zero-order valence-corrected chi connectivity index (χ0v) is 14.2. The molecule has 1 amide bonds. The van der Waals surface area contributed by atoms with Crippen LogP contribution in [0.3, 0.4) is 0 Å². The molecule has 1 aliphatic rings. The van der Waals surface area contributed by atoms with Crippen molar-refractivity contribution in [2.24, 2.45) is 5.92 Å². The van der Waals surface area contributed by atoms with Gasteiger partial charge in [-0.05, 0) is 31.9 Å². The fourth-order valence-electron chi connectivity index (χ4n) is 2.85. The fraction of sp³-hybridized carbons (Fsp3) is 0.471. The lowest BCUT2D eigenvalue weighted by atomic mass is 9.97. The summed E-state index contributed by atoms with van der Waals surface area (Å²) in [6, 6.07) is 5.51. The van der Waals surface area contributed by atoms with Crippen molar-refractivity contribution in [1.29, 1.82) is 0 Å². The highest BCUT2D eigenvalue weighted by Gasteiger charge is 2.28. The van der Waals surface area contributed by atoms with Crippen LogP contribution >= 0.6 is 0 Å². The molecule has 0 atom stereocenters. The Hall–Kier alpha value is -2.77. The lowest BCUT2D eigenvalue weighted by molar-refractivity contribution is -0.151. The summed E-state index contributed by atoms with van der Waals surface area (Å²) in [5, 5.41) is 4.30. The molecule has 0 N–H and O–H groups in total. The first-order valence-corrected chi connectivity index (χ1v) is 8.42. The highest BCUT2D eigenvalue weighted by Crippen LogP contribution is 2.19. The molecule has 2 aromatic heterocycles. The van der Waals surface area contributed by atoms with Gasteiger partial charge in [0.05, 0.1) is 12.5 Å². The topological polar surface area (TPSA) is 90.2 Å². The number of pyridine rings is 1. The Morgan fingerprint density at radius 3 is 2.72 bits per heavy atom. The average Bonchev–Trinajstić information content (AvgIpc) is 3.11. The molecule has 2 aromatic rings. The van der Waals surface area contributed by atoms with Crippen molar-refractivity contribution < 1.29 is 14.3 Å². The number of esters is 1. The predicted octanol–water partition coefficient (Wildman–Crippen LogP) is 1.14. The van der Waals surface area contributed by atoms with Crippen LogP contribution < -0.4 is 0 Å². The minimum Gasteiger partial charge on any atom is -0.466 e. The zero-order valence-electron chi connectivity index (χ0n) is 14.2. The van der Waals surface area contributed by atoms with Crippen molar-refractivity contribution >= 4 is 11.9 Å². The maximum Gasteiger partial charge on any atom is 0.309 e. The van der Waals surface area contributed by atoms with Gasteiger partial charge in [0.2, 0.25) is 5.91 Å². The molecule has 3 heterocycles. The highest BCUT2D eigenvalue weighted by atomic mass is 16.5. The smallest absolute Gasteiger partial charge is 0.309 e. The number of nitrogens with zero attached hydrogens (tertiary/aromatic N) is 5. The number of amides is 1. The van der Waals surface area contributed by atoms with Gasteiger partial charge >= 0.3 is 5.97 Å². The number of piperidine rings is 1. The third-order valence-corrected chi connectivity index (χ3v) is 4.20. The van der Waals surface area contributed by atoms with Gasteiger partial charge in [-0.1, -0.05) is 6.07 Å². The van der Waals surface area contributed by atoms with E-state index in [0.717, 1.165) is 0 Å². The van der Waals surface area contributed by atoms with E-state index in [-0.39, 0.29) is 24.3 Å². The molecule has 25 heavy (non-hydrogen) atoms. The predicted molar refractivity (Wildman–Crippen MR) is 89.2 cm³/mol. The van der Waals surface area contributed by atoms with Gasteiger partial charge in [0.25, 0.3) is 0 Å². The molecule has 132 valence electrons. The number of carbonyl (C=O) groups is 2. The minimum absolute atomic E-state index is 0.0280. The first-order valence-electron chi connectivity index (χ1n) is 8.42. The summed E-state index contributed by atoms with van der Waals surface area (Å²) >= 11 is 0. The molecule has 0 aliphatic carbocycles. The van der Waals surface area contributed by atoms with Crippen LogP contribution in [0, 0.1) is 5.92 Å². The van der Waals surface area contributed by atoms with Crippen molar-refractivity contribution in [3.63, 3.8) is 0 Å². The average molecular weight is 343 g/mol. The second-order valence-electron chi connectivity index (χ2n) is 5.89. The molecule has 0 saturated carbocycles. The summed E-state index contributed by atoms with van der Waals surface area (Å²) in [4.78, 5) is 34.3. The van der Waals surface area contributed by atoms with Gasteiger partial charge in [-0.25, -0.2) is 9.67 Å². The molecule has 1 aliphatic heterocycles. The Bertz CT molecular complexity index is 723. The molecule has 8 nitrogen and oxygen atoms in total. The monoisotopic (exact) mass is 343 g/mol. The highest BCUT2D eigenvalue weighted by molar-refractivity contribution is 5.77. The molecular weight excluding hydrogens is 322 g/mol. The van der Waals surface area contributed by atoms with Crippen molar-refractivity contribution in [2.75, 3.05) is 19.7 Å². The Morgan fingerprint density at radius 2 is 2.04 bits per heavy atom. The Kier molecular flexibility index (Phi) is 5.37. The van der Waals surface area contributed by atoms with Gasteiger partial charge in [-0.3, -0.25) is 14.6 Å². The lowest BCUT2D eigenvalue weighted by Gasteiger charge is -2.30. The van der Waals surface area contributed by atoms with Gasteiger partial charge in [-0.15, -0.1) is 5.10 Å². The normalized spacial score (nSPS) is 15.2. The van der Waals surface area contributed by atoms with Crippen LogP contribution in [-0.4, -0.2) is 56.2 Å². The summed E-state index contributed by atoms with van der Waals surface area (Å²) in [5.74, 6) is 0.200. The molecule has 8 heteroatoms. The van der Waals surface area contributed by atoms with Crippen molar-refractivity contribution in [3.8, 4) is 11.5 Å². The molecular formula is C17H21N5O3. The second-order valence-corrected chi connectivity index (χ2v) is 5.89. The number of rotatable bonds is 5. The second kappa shape index (κ2) is 7.87. The zero-order chi connectivity index (χ0) is 17.6. The van der Waals surface area contributed by atoms with Crippen LogP contribution in [0.5, 0.6) is 0 Å². The van der Waals surface area contributed by atoms with Gasteiger partial charge < -0.3 is 9.64 Å². The summed E-state index contributed by atoms with van der Waals surface area (Å²) < 4.78 is 6.56. The number of likely N-dealkylation sites (tertiary alicyclic amines) is 1. The number of hydrogen-bond donors (Lipinski definition) is 0. The lowest BCUT2D eigenvalue weighted by Crippen LogP contribution is -2.42. The number of hydrogen-bond acceptors (Lipinski definition) is 6. The van der Waals surface area contributed by atoms with E-state index in [1.54, 1.807) is 18.0 Å². The third-order valence-electron chi connectivity index (χ3n) is 4.20. The third kappa shape index (κ3) is 4.20. The number of carbonyl (C=O) groups excluding carboxylic acids is 2. The van der Waals surface area contributed by atoms with Crippen LogP contribution in [0.2, 0.25) is 0 Å². The SMILES string of the molecule is CCOC(=O)C1CCN(C(=O)Cn2cnc(-c3ccccn3)n2)CC1. The molecule has 0 unspecified atom stereocenters. The van der Waals surface area contributed by atoms with E-state index in [2.05, 4.69) is 15.1 Å². The van der Waals surface area contributed by atoms with E-state index in [0.29, 0.717) is 44.1 Å². The van der Waals surface area contributed by atoms with Crippen LogP contribution in [0.25, 0.3) is 11.5 Å². The maximum atomic E-state index is 12.4. The van der Waals surface area contributed by atoms with E-state index < -0.39 is 0 Å². The minimum atomic E-state index is -0.161. The van der Waals surface area contributed by atoms with E-state index in [1.165, 1.54) is 11.0 Å². The van der Waals surface area contributed by atoms with E-state index in [9.17, 15) is 9.59 Å². The van der Waals surface area contributed by atoms with Gasteiger partial charge in [0, 0.05) is 19.3 Å². The van der Waals surface area contributed by atoms with Gasteiger partial charge in [0.1, 0.15) is 18.6 Å². The Labute approximate surface area is 145 Å². The Balaban J connectivity index is 1.54. The Morgan fingerprint density at radius 1 is 1.24 bits per heavy atom. The van der Waals surface area contributed by atoms with Crippen molar-refractivity contribution in [2.45, 2.75) is 26.3 Å². The molecule has 0 aromatic carbocycles. The fourth-order valence-corrected chi connectivity index (χ4v) is 2.85. The number of ether oxygens (including phenoxy) is 1. The first-order chi connectivity index (χ1) is 12.2. The van der Waals surface area contributed by atoms with Crippen LogP contribution in [0.4, 0.5) is 0 Å². The molecule has 1 saturated heterocycles. The molecule has 0 spiro atoms. The van der Waals surface area contributed by atoms with Gasteiger partial charge in [0.15, 0.2) is 5.82 Å². The standard InChI is InChI=1S/C17H21N5O3/c1-2-25-17(24)13-6-9-21(10-7-13)15(23)11-22-12-19-16(20-22)14-5-3-4-8-18-14/h3-5,8,12-13H,2,6-7,9-11H2,1H3. The molecule has 1 fully saturated rings. The molecule has 0 bridgehead atoms. The van der Waals surface area contributed by atoms with E-state index in [4.69, 9.17) is 4.74 Å². The first kappa shape index (κ1) is 17.1. The van der Waals surface area contributed by atoms with Crippen LogP contribution in [0.15, 0.2) is 30.7 Å². The quantitative estimate of drug-likeness (QED) is 0.756. The molecule has 3 rings (SSSR count). The summed E-state index contributed by atoms with van der Waals surface area (Å²) in [6.07, 6.45) is 4.49. The summed E-state index contributed by atoms with van der Waals surface area (Å²) in [7, 11) is 0. The summed E-state index contributed by atoms with van der Waals surface area (Å²) in [6.45, 7) is 3.44. The summed E-state index contributed by atoms with van der Waals surface area (Å²) in [5.41, 5.74) is 0.670. The number of aromatic nitrogens is 4. The van der Waals surface area contributed by atoms with E-state index >= 15 is 0 Å². The van der Waals surface area contributed by atoms with Crippen molar-refractivity contribution in [3.05, 3.63) is 30.7 Å². The van der Waals surface area contributed by atoms with Crippen LogP contribution in [-0.2, 0) is 20.9 Å². The maximum absolute atomic E-state index is 12.4. The van der Waals surface area contributed by atoms with Gasteiger partial charge in [-0.2, -0.15) is 0 Å². The largest absolute Gasteiger partial charge is 0.466 e. The van der Waals surface area contributed by atoms with Crippen molar-refractivity contribution in [1.82, 2.24) is 24.6 Å².